The van der Waals surface area contributed by atoms with Crippen molar-refractivity contribution in [2.45, 2.75) is 37.0 Å². The SMILES string of the molecule is COc1cc2cc3c(nc2c(CN2CCCC2)c1O)-c1ccc(C)cc1S(=O)C3. The van der Waals surface area contributed by atoms with Crippen molar-refractivity contribution in [3.05, 3.63) is 47.0 Å². The Morgan fingerprint density at radius 2 is 2.00 bits per heavy atom. The number of hydrogen-bond donors (Lipinski definition) is 1. The van der Waals surface area contributed by atoms with Crippen LogP contribution in [0.5, 0.6) is 11.5 Å². The quantitative estimate of drug-likeness (QED) is 0.706. The molecule has 6 heteroatoms. The Balaban J connectivity index is 1.74. The third-order valence-corrected chi connectivity index (χ3v) is 7.35. The summed E-state index contributed by atoms with van der Waals surface area (Å²) >= 11 is 0. The van der Waals surface area contributed by atoms with Gasteiger partial charge in [0.05, 0.1) is 34.9 Å². The van der Waals surface area contributed by atoms with E-state index in [0.29, 0.717) is 18.0 Å². The van der Waals surface area contributed by atoms with Crippen molar-refractivity contribution in [3.63, 3.8) is 0 Å². The Labute approximate surface area is 172 Å². The first kappa shape index (κ1) is 18.6. The standard InChI is InChI=1S/C23H24N2O3S/c1-14-5-6-17-20(9-14)29(27)13-16-10-15-11-19(28-2)23(26)18(21(15)24-22(16)17)12-25-7-3-4-8-25/h5-6,9-11,26H,3-4,7-8,12-13H2,1-2H3. The van der Waals surface area contributed by atoms with Crippen molar-refractivity contribution in [1.29, 1.82) is 0 Å². The number of methoxy groups -OCH3 is 1. The summed E-state index contributed by atoms with van der Waals surface area (Å²) in [5.41, 5.74) is 5.49. The number of benzene rings is 2. The molecule has 0 amide bonds. The molecule has 3 aromatic rings. The van der Waals surface area contributed by atoms with Crippen LogP contribution < -0.4 is 4.74 Å². The van der Waals surface area contributed by atoms with Gasteiger partial charge in [0.1, 0.15) is 0 Å². The summed E-state index contributed by atoms with van der Waals surface area (Å²) in [6.07, 6.45) is 2.37. The summed E-state index contributed by atoms with van der Waals surface area (Å²) < 4.78 is 18.3. The van der Waals surface area contributed by atoms with Crippen LogP contribution in [-0.2, 0) is 23.1 Å². The molecule has 5 rings (SSSR count). The highest BCUT2D eigenvalue weighted by atomic mass is 32.2. The highest BCUT2D eigenvalue weighted by molar-refractivity contribution is 7.84. The van der Waals surface area contributed by atoms with Gasteiger partial charge in [-0.05, 0) is 62.2 Å². The minimum atomic E-state index is -1.08. The smallest absolute Gasteiger partial charge is 0.164 e. The van der Waals surface area contributed by atoms with Gasteiger partial charge in [-0.2, -0.15) is 0 Å². The predicted octanol–water partition coefficient (Wildman–Crippen LogP) is 4.14. The molecule has 2 aliphatic heterocycles. The van der Waals surface area contributed by atoms with Crippen LogP contribution in [0.15, 0.2) is 35.2 Å². The minimum absolute atomic E-state index is 0.169. The molecule has 1 aromatic heterocycles. The van der Waals surface area contributed by atoms with E-state index in [4.69, 9.17) is 9.72 Å². The molecule has 3 heterocycles. The number of pyridine rings is 1. The number of aromatic nitrogens is 1. The zero-order valence-electron chi connectivity index (χ0n) is 16.7. The van der Waals surface area contributed by atoms with E-state index in [9.17, 15) is 9.32 Å². The van der Waals surface area contributed by atoms with Crippen LogP contribution in [0.4, 0.5) is 0 Å². The Kier molecular flexibility index (Phi) is 4.56. The van der Waals surface area contributed by atoms with Gasteiger partial charge in [-0.3, -0.25) is 9.11 Å². The summed E-state index contributed by atoms with van der Waals surface area (Å²) in [4.78, 5) is 8.22. The van der Waals surface area contributed by atoms with Gasteiger partial charge in [0.25, 0.3) is 0 Å². The number of likely N-dealkylation sites (tertiary alicyclic amines) is 1. The highest BCUT2D eigenvalue weighted by Crippen LogP contribution is 2.41. The van der Waals surface area contributed by atoms with Gasteiger partial charge in [-0.1, -0.05) is 12.1 Å². The number of phenols is 1. The predicted molar refractivity (Wildman–Crippen MR) is 115 cm³/mol. The molecule has 5 nitrogen and oxygen atoms in total. The second-order valence-electron chi connectivity index (χ2n) is 7.95. The number of fused-ring (bicyclic) bond motifs is 4. The second kappa shape index (κ2) is 7.11. The van der Waals surface area contributed by atoms with Crippen LogP contribution in [0.25, 0.3) is 22.2 Å². The zero-order chi connectivity index (χ0) is 20.1. The van der Waals surface area contributed by atoms with E-state index >= 15 is 0 Å². The molecule has 1 fully saturated rings. The molecule has 0 aliphatic carbocycles. The Bertz CT molecular complexity index is 1150. The van der Waals surface area contributed by atoms with Crippen LogP contribution in [0.2, 0.25) is 0 Å². The summed E-state index contributed by atoms with van der Waals surface area (Å²) in [5, 5.41) is 11.8. The molecular weight excluding hydrogens is 384 g/mol. The molecule has 0 spiro atoms. The lowest BCUT2D eigenvalue weighted by Crippen LogP contribution is -2.19. The molecule has 2 aliphatic rings. The minimum Gasteiger partial charge on any atom is -0.504 e. The van der Waals surface area contributed by atoms with E-state index < -0.39 is 10.8 Å². The van der Waals surface area contributed by atoms with Gasteiger partial charge < -0.3 is 9.84 Å². The molecule has 150 valence electrons. The molecule has 0 radical (unpaired) electrons. The van der Waals surface area contributed by atoms with E-state index in [1.165, 1.54) is 12.8 Å². The van der Waals surface area contributed by atoms with Crippen LogP contribution >= 0.6 is 0 Å². The van der Waals surface area contributed by atoms with Gasteiger partial charge in [0.2, 0.25) is 0 Å². The maximum atomic E-state index is 12.8. The van der Waals surface area contributed by atoms with Crippen molar-refractivity contribution in [1.82, 2.24) is 9.88 Å². The molecule has 1 saturated heterocycles. The number of ether oxygens (including phenoxy) is 1. The number of hydrogen-bond acceptors (Lipinski definition) is 5. The number of aromatic hydroxyl groups is 1. The van der Waals surface area contributed by atoms with Crippen LogP contribution in [0, 0.1) is 6.92 Å². The maximum Gasteiger partial charge on any atom is 0.164 e. The van der Waals surface area contributed by atoms with Crippen LogP contribution in [0.3, 0.4) is 0 Å². The van der Waals surface area contributed by atoms with Gasteiger partial charge in [-0.25, -0.2) is 4.98 Å². The van der Waals surface area contributed by atoms with E-state index in [2.05, 4.69) is 11.0 Å². The van der Waals surface area contributed by atoms with Gasteiger partial charge in [0.15, 0.2) is 11.5 Å². The number of nitrogens with zero attached hydrogens (tertiary/aromatic N) is 2. The Morgan fingerprint density at radius 3 is 2.76 bits per heavy atom. The molecule has 29 heavy (non-hydrogen) atoms. The lowest BCUT2D eigenvalue weighted by molar-refractivity contribution is 0.319. The van der Waals surface area contributed by atoms with Gasteiger partial charge in [-0.15, -0.1) is 0 Å². The van der Waals surface area contributed by atoms with Crippen LogP contribution in [-0.4, -0.2) is 39.4 Å². The first-order valence-corrected chi connectivity index (χ1v) is 11.3. The third kappa shape index (κ3) is 3.11. The maximum absolute atomic E-state index is 12.8. The van der Waals surface area contributed by atoms with E-state index in [0.717, 1.165) is 56.8 Å². The lowest BCUT2D eigenvalue weighted by Gasteiger charge is -2.22. The average molecular weight is 409 g/mol. The Hall–Kier alpha value is -2.44. The zero-order valence-corrected chi connectivity index (χ0v) is 17.5. The fourth-order valence-corrected chi connectivity index (χ4v) is 5.83. The van der Waals surface area contributed by atoms with Crippen LogP contribution in [0.1, 0.15) is 29.5 Å². The summed E-state index contributed by atoms with van der Waals surface area (Å²) in [7, 11) is 0.490. The van der Waals surface area contributed by atoms with Gasteiger partial charge in [0, 0.05) is 28.0 Å². The third-order valence-electron chi connectivity index (χ3n) is 5.95. The van der Waals surface area contributed by atoms with Crippen molar-refractivity contribution >= 4 is 21.7 Å². The molecule has 1 atom stereocenters. The fraction of sp³-hybridized carbons (Fsp3) is 0.348. The lowest BCUT2D eigenvalue weighted by atomic mass is 10.00. The Morgan fingerprint density at radius 1 is 1.21 bits per heavy atom. The highest BCUT2D eigenvalue weighted by Gasteiger charge is 2.26. The van der Waals surface area contributed by atoms with Crippen molar-refractivity contribution in [2.24, 2.45) is 0 Å². The monoisotopic (exact) mass is 408 g/mol. The molecule has 0 bridgehead atoms. The first-order valence-electron chi connectivity index (χ1n) is 9.99. The first-order chi connectivity index (χ1) is 14.0. The van der Waals surface area contributed by atoms with Crippen molar-refractivity contribution < 1.29 is 14.1 Å². The summed E-state index contributed by atoms with van der Waals surface area (Å²) in [5.74, 6) is 1.09. The molecular formula is C23H24N2O3S. The van der Waals surface area contributed by atoms with Crippen molar-refractivity contribution in [2.75, 3.05) is 20.2 Å². The van der Waals surface area contributed by atoms with E-state index in [1.54, 1.807) is 7.11 Å². The number of aryl methyl sites for hydroxylation is 1. The molecule has 2 aromatic carbocycles. The van der Waals surface area contributed by atoms with E-state index in [1.807, 2.05) is 31.2 Å². The molecule has 1 N–H and O–H groups in total. The average Bonchev–Trinajstić information content (AvgIpc) is 3.22. The second-order valence-corrected chi connectivity index (χ2v) is 9.37. The normalized spacial score (nSPS) is 18.6. The number of rotatable bonds is 3. The molecule has 0 saturated carbocycles. The molecule has 1 unspecified atom stereocenters. The topological polar surface area (TPSA) is 62.7 Å². The fourth-order valence-electron chi connectivity index (χ4n) is 4.44. The summed E-state index contributed by atoms with van der Waals surface area (Å²) in [6.45, 7) is 4.73. The van der Waals surface area contributed by atoms with Gasteiger partial charge >= 0.3 is 0 Å². The van der Waals surface area contributed by atoms with Crippen molar-refractivity contribution in [3.8, 4) is 22.8 Å². The summed E-state index contributed by atoms with van der Waals surface area (Å²) in [6, 6.07) is 9.94. The number of phenolic OH excluding ortho intramolecular Hbond substituents is 1. The van der Waals surface area contributed by atoms with E-state index in [-0.39, 0.29) is 5.75 Å². The largest absolute Gasteiger partial charge is 0.504 e.